The quantitative estimate of drug-likeness (QED) is 0.919. The Kier molecular flexibility index (Phi) is 4.80. The molecular formula is C14H17ClN2OS. The predicted molar refractivity (Wildman–Crippen MR) is 81.9 cm³/mol. The van der Waals surface area contributed by atoms with Crippen LogP contribution in [0.3, 0.4) is 0 Å². The summed E-state index contributed by atoms with van der Waals surface area (Å²) in [6, 6.07) is 8.07. The second kappa shape index (κ2) is 6.37. The molecule has 1 amide bonds. The van der Waals surface area contributed by atoms with Crippen LogP contribution in [0.25, 0.3) is 10.1 Å². The van der Waals surface area contributed by atoms with Gasteiger partial charge in [-0.3, -0.25) is 4.79 Å². The number of nitrogens with zero attached hydrogens (tertiary/aromatic N) is 1. The SMILES string of the molecule is CCN(C)C(=O)CNCc1sc2ccccc2c1Cl. The molecular weight excluding hydrogens is 280 g/mol. The summed E-state index contributed by atoms with van der Waals surface area (Å²) in [5.74, 6) is 0.0970. The van der Waals surface area contributed by atoms with Gasteiger partial charge in [0.15, 0.2) is 0 Å². The molecule has 3 nitrogen and oxygen atoms in total. The number of hydrogen-bond donors (Lipinski definition) is 1. The van der Waals surface area contributed by atoms with Gasteiger partial charge in [0.2, 0.25) is 5.91 Å². The summed E-state index contributed by atoms with van der Waals surface area (Å²) in [4.78, 5) is 14.4. The van der Waals surface area contributed by atoms with Crippen LogP contribution < -0.4 is 5.32 Å². The first kappa shape index (κ1) is 14.3. The zero-order chi connectivity index (χ0) is 13.8. The average molecular weight is 297 g/mol. The number of hydrogen-bond acceptors (Lipinski definition) is 3. The van der Waals surface area contributed by atoms with Crippen molar-refractivity contribution in [2.75, 3.05) is 20.1 Å². The highest BCUT2D eigenvalue weighted by Gasteiger charge is 2.10. The molecule has 0 bridgehead atoms. The molecule has 0 aliphatic carbocycles. The number of thiophene rings is 1. The Morgan fingerprint density at radius 1 is 1.42 bits per heavy atom. The van der Waals surface area contributed by atoms with Crippen molar-refractivity contribution >= 4 is 38.9 Å². The lowest BCUT2D eigenvalue weighted by Gasteiger charge is -2.14. The Hall–Kier alpha value is -1.10. The topological polar surface area (TPSA) is 32.3 Å². The summed E-state index contributed by atoms with van der Waals surface area (Å²) in [5.41, 5.74) is 0. The molecule has 19 heavy (non-hydrogen) atoms. The van der Waals surface area contributed by atoms with Gasteiger partial charge in [0.1, 0.15) is 0 Å². The molecule has 1 N–H and O–H groups in total. The van der Waals surface area contributed by atoms with E-state index in [-0.39, 0.29) is 5.91 Å². The number of nitrogens with one attached hydrogen (secondary N) is 1. The molecule has 0 aliphatic rings. The van der Waals surface area contributed by atoms with Gasteiger partial charge in [-0.15, -0.1) is 11.3 Å². The van der Waals surface area contributed by atoms with E-state index in [2.05, 4.69) is 11.4 Å². The maximum Gasteiger partial charge on any atom is 0.236 e. The van der Waals surface area contributed by atoms with E-state index >= 15 is 0 Å². The normalized spacial score (nSPS) is 10.9. The van der Waals surface area contributed by atoms with E-state index in [0.717, 1.165) is 21.8 Å². The summed E-state index contributed by atoms with van der Waals surface area (Å²) in [5, 5.41) is 5.04. The number of benzene rings is 1. The minimum Gasteiger partial charge on any atom is -0.345 e. The third-order valence-corrected chi connectivity index (χ3v) is 4.78. The van der Waals surface area contributed by atoms with E-state index in [9.17, 15) is 4.79 Å². The molecule has 1 aromatic carbocycles. The second-order valence-electron chi connectivity index (χ2n) is 4.35. The first-order valence-corrected chi connectivity index (χ1v) is 7.43. The number of carbonyl (C=O) groups excluding carboxylic acids is 1. The summed E-state index contributed by atoms with van der Waals surface area (Å²) >= 11 is 8.01. The lowest BCUT2D eigenvalue weighted by molar-refractivity contribution is -0.128. The van der Waals surface area contributed by atoms with Gasteiger partial charge in [-0.1, -0.05) is 29.8 Å². The zero-order valence-corrected chi connectivity index (χ0v) is 12.6. The van der Waals surface area contributed by atoms with Crippen LogP contribution in [0.2, 0.25) is 5.02 Å². The molecule has 0 aliphatic heterocycles. The monoisotopic (exact) mass is 296 g/mol. The highest BCUT2D eigenvalue weighted by molar-refractivity contribution is 7.19. The minimum atomic E-state index is 0.0970. The predicted octanol–water partition coefficient (Wildman–Crippen LogP) is 3.12. The lowest BCUT2D eigenvalue weighted by Crippen LogP contribution is -2.35. The van der Waals surface area contributed by atoms with Crippen LogP contribution in [0.15, 0.2) is 24.3 Å². The maximum atomic E-state index is 11.7. The van der Waals surface area contributed by atoms with Gasteiger partial charge < -0.3 is 10.2 Å². The molecule has 0 saturated heterocycles. The molecule has 0 saturated carbocycles. The summed E-state index contributed by atoms with van der Waals surface area (Å²) in [6.07, 6.45) is 0. The highest BCUT2D eigenvalue weighted by atomic mass is 35.5. The highest BCUT2D eigenvalue weighted by Crippen LogP contribution is 2.34. The second-order valence-corrected chi connectivity index (χ2v) is 5.86. The van der Waals surface area contributed by atoms with E-state index in [1.54, 1.807) is 23.3 Å². The fraction of sp³-hybridized carbons (Fsp3) is 0.357. The van der Waals surface area contributed by atoms with Crippen LogP contribution in [0.5, 0.6) is 0 Å². The smallest absolute Gasteiger partial charge is 0.236 e. The molecule has 0 spiro atoms. The summed E-state index contributed by atoms with van der Waals surface area (Å²) < 4.78 is 1.18. The van der Waals surface area contributed by atoms with Crippen LogP contribution in [0.4, 0.5) is 0 Å². The van der Waals surface area contributed by atoms with Crippen molar-refractivity contribution in [1.82, 2.24) is 10.2 Å². The van der Waals surface area contributed by atoms with Crippen molar-refractivity contribution in [3.63, 3.8) is 0 Å². The van der Waals surface area contributed by atoms with Crippen molar-refractivity contribution in [3.05, 3.63) is 34.2 Å². The molecule has 1 heterocycles. The fourth-order valence-corrected chi connectivity index (χ4v) is 3.24. The number of fused-ring (bicyclic) bond motifs is 1. The molecule has 1 aromatic heterocycles. The fourth-order valence-electron chi connectivity index (χ4n) is 1.77. The Morgan fingerprint density at radius 2 is 2.16 bits per heavy atom. The number of likely N-dealkylation sites (N-methyl/N-ethyl adjacent to an activating group) is 1. The minimum absolute atomic E-state index is 0.0970. The van der Waals surface area contributed by atoms with E-state index in [4.69, 9.17) is 11.6 Å². The van der Waals surface area contributed by atoms with E-state index in [1.807, 2.05) is 25.1 Å². The van der Waals surface area contributed by atoms with Crippen LogP contribution in [-0.2, 0) is 11.3 Å². The van der Waals surface area contributed by atoms with Gasteiger partial charge in [-0.2, -0.15) is 0 Å². The maximum absolute atomic E-state index is 11.7. The van der Waals surface area contributed by atoms with Crippen LogP contribution in [0, 0.1) is 0 Å². The van der Waals surface area contributed by atoms with Gasteiger partial charge in [0.05, 0.1) is 11.6 Å². The Morgan fingerprint density at radius 3 is 2.84 bits per heavy atom. The number of carbonyl (C=O) groups is 1. The molecule has 5 heteroatoms. The number of rotatable bonds is 5. The molecule has 0 unspecified atom stereocenters. The van der Waals surface area contributed by atoms with Crippen molar-refractivity contribution in [2.45, 2.75) is 13.5 Å². The molecule has 2 aromatic rings. The summed E-state index contributed by atoms with van der Waals surface area (Å²) in [7, 11) is 1.80. The van der Waals surface area contributed by atoms with Crippen molar-refractivity contribution in [3.8, 4) is 0 Å². The standard InChI is InChI=1S/C14H17ClN2OS/c1-3-17(2)13(18)9-16-8-12-14(15)10-6-4-5-7-11(10)19-12/h4-7,16H,3,8-9H2,1-2H3. The largest absolute Gasteiger partial charge is 0.345 e. The van der Waals surface area contributed by atoms with Gasteiger partial charge in [0, 0.05) is 35.1 Å². The average Bonchev–Trinajstić information content (AvgIpc) is 2.75. The van der Waals surface area contributed by atoms with E-state index in [0.29, 0.717) is 13.1 Å². The number of halogens is 1. The van der Waals surface area contributed by atoms with Crippen molar-refractivity contribution < 1.29 is 4.79 Å². The van der Waals surface area contributed by atoms with E-state index in [1.165, 1.54) is 4.70 Å². The van der Waals surface area contributed by atoms with Gasteiger partial charge in [0.25, 0.3) is 0 Å². The molecule has 0 radical (unpaired) electrons. The van der Waals surface area contributed by atoms with Crippen LogP contribution >= 0.6 is 22.9 Å². The van der Waals surface area contributed by atoms with Crippen molar-refractivity contribution in [1.29, 1.82) is 0 Å². The first-order valence-electron chi connectivity index (χ1n) is 6.24. The van der Waals surface area contributed by atoms with Crippen LogP contribution in [0.1, 0.15) is 11.8 Å². The number of amides is 1. The Balaban J connectivity index is 1.99. The third kappa shape index (κ3) is 3.26. The summed E-state index contributed by atoms with van der Waals surface area (Å²) in [6.45, 7) is 3.65. The van der Waals surface area contributed by atoms with Gasteiger partial charge in [-0.05, 0) is 13.0 Å². The van der Waals surface area contributed by atoms with Gasteiger partial charge in [-0.25, -0.2) is 0 Å². The zero-order valence-electron chi connectivity index (χ0n) is 11.1. The Labute approximate surface area is 122 Å². The molecule has 0 fully saturated rings. The Bertz CT molecular complexity index is 582. The van der Waals surface area contributed by atoms with E-state index < -0.39 is 0 Å². The van der Waals surface area contributed by atoms with Crippen LogP contribution in [-0.4, -0.2) is 30.9 Å². The lowest BCUT2D eigenvalue weighted by atomic mass is 10.2. The van der Waals surface area contributed by atoms with Crippen molar-refractivity contribution in [2.24, 2.45) is 0 Å². The molecule has 2 rings (SSSR count). The molecule has 0 atom stereocenters. The third-order valence-electron chi connectivity index (χ3n) is 3.06. The molecule has 102 valence electrons. The first-order chi connectivity index (χ1) is 9.13. The van der Waals surface area contributed by atoms with Gasteiger partial charge >= 0.3 is 0 Å².